The summed E-state index contributed by atoms with van der Waals surface area (Å²) in [6.07, 6.45) is 8.85. The molecule has 3 heterocycles. The fraction of sp³-hybridized carbons (Fsp3) is 0.200. The van der Waals surface area contributed by atoms with Gasteiger partial charge in [-0.3, -0.25) is 9.48 Å². The number of carbonyl (C=O) groups is 1. The summed E-state index contributed by atoms with van der Waals surface area (Å²) in [5, 5.41) is 7.16. The third-order valence-corrected chi connectivity index (χ3v) is 5.31. The standard InChI is InChI=1S/C25H26N4O2/c1-19-15-23(20(2)29(19)18-24-5-3-14-31-24)10-11-25(30)26-16-21-6-8-22(9-7-21)17-28-13-4-12-27-28/h3-15H,16-18H2,1-2H3,(H,26,30)/b11-10+. The lowest BCUT2D eigenvalue weighted by Gasteiger charge is -2.07. The van der Waals surface area contributed by atoms with Gasteiger partial charge in [0.05, 0.1) is 19.4 Å². The van der Waals surface area contributed by atoms with E-state index in [0.29, 0.717) is 13.1 Å². The van der Waals surface area contributed by atoms with Gasteiger partial charge in [0.25, 0.3) is 0 Å². The zero-order chi connectivity index (χ0) is 21.6. The largest absolute Gasteiger partial charge is 0.467 e. The molecule has 6 heteroatoms. The quantitative estimate of drug-likeness (QED) is 0.437. The third kappa shape index (κ3) is 5.22. The number of rotatable bonds is 8. The first-order valence-corrected chi connectivity index (χ1v) is 10.3. The minimum atomic E-state index is -0.114. The summed E-state index contributed by atoms with van der Waals surface area (Å²) in [6, 6.07) is 16.0. The van der Waals surface area contributed by atoms with Gasteiger partial charge in [-0.05, 0) is 60.9 Å². The molecule has 0 bridgehead atoms. The number of nitrogens with one attached hydrogen (secondary N) is 1. The van der Waals surface area contributed by atoms with Crippen LogP contribution in [0.1, 0.15) is 33.8 Å². The second-order valence-corrected chi connectivity index (χ2v) is 7.56. The van der Waals surface area contributed by atoms with Gasteiger partial charge in [0.2, 0.25) is 5.91 Å². The monoisotopic (exact) mass is 414 g/mol. The van der Waals surface area contributed by atoms with E-state index in [1.807, 2.05) is 47.3 Å². The first-order valence-electron chi connectivity index (χ1n) is 10.3. The van der Waals surface area contributed by atoms with Crippen LogP contribution in [-0.2, 0) is 24.4 Å². The van der Waals surface area contributed by atoms with E-state index < -0.39 is 0 Å². The summed E-state index contributed by atoms with van der Waals surface area (Å²) in [6.45, 7) is 6.02. The minimum Gasteiger partial charge on any atom is -0.467 e. The van der Waals surface area contributed by atoms with Crippen molar-refractivity contribution in [2.24, 2.45) is 0 Å². The highest BCUT2D eigenvalue weighted by Gasteiger charge is 2.09. The van der Waals surface area contributed by atoms with E-state index in [1.54, 1.807) is 18.5 Å². The molecule has 1 amide bonds. The van der Waals surface area contributed by atoms with E-state index in [4.69, 9.17) is 4.42 Å². The maximum atomic E-state index is 12.3. The van der Waals surface area contributed by atoms with Gasteiger partial charge in [-0.2, -0.15) is 5.10 Å². The molecule has 3 aromatic heterocycles. The molecule has 6 nitrogen and oxygen atoms in total. The normalized spacial score (nSPS) is 11.3. The van der Waals surface area contributed by atoms with Crippen molar-refractivity contribution in [3.63, 3.8) is 0 Å². The Hall–Kier alpha value is -3.80. The lowest BCUT2D eigenvalue weighted by Crippen LogP contribution is -2.20. The van der Waals surface area contributed by atoms with E-state index in [-0.39, 0.29) is 5.91 Å². The number of amides is 1. The molecule has 0 spiro atoms. The van der Waals surface area contributed by atoms with Crippen LogP contribution in [0.2, 0.25) is 0 Å². The SMILES string of the molecule is Cc1cc(/C=C/C(=O)NCc2ccc(Cn3cccn3)cc2)c(C)n1Cc1ccco1. The average molecular weight is 415 g/mol. The molecule has 4 rings (SSSR count). The summed E-state index contributed by atoms with van der Waals surface area (Å²) in [7, 11) is 0. The molecule has 0 aliphatic rings. The Morgan fingerprint density at radius 2 is 1.90 bits per heavy atom. The maximum Gasteiger partial charge on any atom is 0.244 e. The number of furan rings is 1. The highest BCUT2D eigenvalue weighted by molar-refractivity contribution is 5.91. The highest BCUT2D eigenvalue weighted by atomic mass is 16.3. The van der Waals surface area contributed by atoms with E-state index in [1.165, 1.54) is 5.56 Å². The number of benzene rings is 1. The van der Waals surface area contributed by atoms with Gasteiger partial charge < -0.3 is 14.3 Å². The molecule has 1 aromatic carbocycles. The van der Waals surface area contributed by atoms with Crippen molar-refractivity contribution in [3.05, 3.63) is 107 Å². The molecule has 4 aromatic rings. The Labute approximate surface area is 181 Å². The third-order valence-electron chi connectivity index (χ3n) is 5.31. The molecule has 31 heavy (non-hydrogen) atoms. The van der Waals surface area contributed by atoms with E-state index in [0.717, 1.165) is 34.8 Å². The Morgan fingerprint density at radius 1 is 1.10 bits per heavy atom. The van der Waals surface area contributed by atoms with Crippen LogP contribution in [0.25, 0.3) is 6.08 Å². The lowest BCUT2D eigenvalue weighted by atomic mass is 10.1. The zero-order valence-electron chi connectivity index (χ0n) is 17.8. The van der Waals surface area contributed by atoms with Gasteiger partial charge in [-0.1, -0.05) is 24.3 Å². The number of aromatic nitrogens is 3. The van der Waals surface area contributed by atoms with E-state index in [2.05, 4.69) is 47.0 Å². The summed E-state index contributed by atoms with van der Waals surface area (Å²) < 4.78 is 9.52. The summed E-state index contributed by atoms with van der Waals surface area (Å²) in [5.74, 6) is 0.794. The van der Waals surface area contributed by atoms with Crippen molar-refractivity contribution in [1.82, 2.24) is 19.7 Å². The molecule has 0 aliphatic heterocycles. The first kappa shape index (κ1) is 20.5. The van der Waals surface area contributed by atoms with Crippen molar-refractivity contribution in [2.45, 2.75) is 33.5 Å². The smallest absolute Gasteiger partial charge is 0.244 e. The first-order chi connectivity index (χ1) is 15.1. The number of hydrogen-bond donors (Lipinski definition) is 1. The zero-order valence-corrected chi connectivity index (χ0v) is 17.8. The Kier molecular flexibility index (Phi) is 6.17. The fourth-order valence-electron chi connectivity index (χ4n) is 3.56. The Morgan fingerprint density at radius 3 is 2.61 bits per heavy atom. The number of hydrogen-bond acceptors (Lipinski definition) is 3. The van der Waals surface area contributed by atoms with Gasteiger partial charge >= 0.3 is 0 Å². The molecule has 0 atom stereocenters. The van der Waals surface area contributed by atoms with Crippen LogP contribution in [0.3, 0.4) is 0 Å². The van der Waals surface area contributed by atoms with Crippen LogP contribution in [-0.4, -0.2) is 20.3 Å². The fourth-order valence-corrected chi connectivity index (χ4v) is 3.56. The van der Waals surface area contributed by atoms with Crippen molar-refractivity contribution in [2.75, 3.05) is 0 Å². The summed E-state index contributed by atoms with van der Waals surface area (Å²) >= 11 is 0. The van der Waals surface area contributed by atoms with Crippen LogP contribution in [0.15, 0.2) is 77.7 Å². The minimum absolute atomic E-state index is 0.114. The van der Waals surface area contributed by atoms with E-state index in [9.17, 15) is 4.79 Å². The molecular weight excluding hydrogens is 388 g/mol. The molecule has 158 valence electrons. The predicted molar refractivity (Wildman–Crippen MR) is 120 cm³/mol. The van der Waals surface area contributed by atoms with Crippen LogP contribution in [0.5, 0.6) is 0 Å². The van der Waals surface area contributed by atoms with E-state index >= 15 is 0 Å². The van der Waals surface area contributed by atoms with Crippen LogP contribution in [0.4, 0.5) is 0 Å². The van der Waals surface area contributed by atoms with Crippen molar-refractivity contribution < 1.29 is 9.21 Å². The number of nitrogens with zero attached hydrogens (tertiary/aromatic N) is 3. The Balaban J connectivity index is 1.31. The van der Waals surface area contributed by atoms with Crippen LogP contribution < -0.4 is 5.32 Å². The predicted octanol–water partition coefficient (Wildman–Crippen LogP) is 4.32. The summed E-state index contributed by atoms with van der Waals surface area (Å²) in [4.78, 5) is 12.3. The Bertz CT molecular complexity index is 1150. The van der Waals surface area contributed by atoms with Gasteiger partial charge in [-0.25, -0.2) is 0 Å². The molecule has 1 N–H and O–H groups in total. The molecule has 0 saturated carbocycles. The molecule has 0 saturated heterocycles. The van der Waals surface area contributed by atoms with Crippen molar-refractivity contribution in [1.29, 1.82) is 0 Å². The molecule has 0 aliphatic carbocycles. The topological polar surface area (TPSA) is 65.0 Å². The highest BCUT2D eigenvalue weighted by Crippen LogP contribution is 2.18. The van der Waals surface area contributed by atoms with Crippen molar-refractivity contribution >= 4 is 12.0 Å². The van der Waals surface area contributed by atoms with Gasteiger partial charge in [0.15, 0.2) is 0 Å². The maximum absolute atomic E-state index is 12.3. The second-order valence-electron chi connectivity index (χ2n) is 7.56. The molecule has 0 fully saturated rings. The van der Waals surface area contributed by atoms with Gasteiger partial charge in [-0.15, -0.1) is 0 Å². The summed E-state index contributed by atoms with van der Waals surface area (Å²) in [5.41, 5.74) is 5.49. The van der Waals surface area contributed by atoms with Crippen molar-refractivity contribution in [3.8, 4) is 0 Å². The molecule has 0 radical (unpaired) electrons. The number of carbonyl (C=O) groups excluding carboxylic acids is 1. The van der Waals surface area contributed by atoms with Crippen LogP contribution >= 0.6 is 0 Å². The van der Waals surface area contributed by atoms with Crippen LogP contribution in [0, 0.1) is 13.8 Å². The van der Waals surface area contributed by atoms with Gasteiger partial charge in [0, 0.05) is 36.4 Å². The molecular formula is C25H26N4O2. The molecule has 0 unspecified atom stereocenters. The van der Waals surface area contributed by atoms with Gasteiger partial charge in [0.1, 0.15) is 5.76 Å². The lowest BCUT2D eigenvalue weighted by molar-refractivity contribution is -0.116. The number of aryl methyl sites for hydroxylation is 1. The second kappa shape index (κ2) is 9.34. The average Bonchev–Trinajstić information content (AvgIpc) is 3.52.